The average Bonchev–Trinajstić information content (AvgIpc) is 2.18. The van der Waals surface area contributed by atoms with Crippen LogP contribution in [0.5, 0.6) is 0 Å². The van der Waals surface area contributed by atoms with E-state index >= 15 is 0 Å². The molecule has 0 saturated carbocycles. The summed E-state index contributed by atoms with van der Waals surface area (Å²) in [6.45, 7) is 3.79. The number of rotatable bonds is 7. The Labute approximate surface area is 89.4 Å². The molecule has 1 N–H and O–H groups in total. The maximum absolute atomic E-state index is 11.3. The highest BCUT2D eigenvalue weighted by Gasteiger charge is 2.23. The molecule has 1 atom stereocenters. The molecule has 5 heteroatoms. The Morgan fingerprint density at radius 2 is 1.80 bits per heavy atom. The van der Waals surface area contributed by atoms with E-state index in [2.05, 4.69) is 0 Å². The third kappa shape index (κ3) is 6.06. The first kappa shape index (κ1) is 13.9. The van der Waals surface area contributed by atoms with Crippen LogP contribution in [0, 0.1) is 5.92 Å². The van der Waals surface area contributed by atoms with E-state index in [1.54, 1.807) is 13.8 Å². The monoisotopic (exact) mass is 218 g/mol. The first-order chi connectivity index (χ1) is 7.15. The van der Waals surface area contributed by atoms with E-state index in [1.165, 1.54) is 0 Å². The second-order valence-electron chi connectivity index (χ2n) is 2.97. The summed E-state index contributed by atoms with van der Waals surface area (Å²) in [5.41, 5.74) is 0. The van der Waals surface area contributed by atoms with Gasteiger partial charge in [-0.15, -0.1) is 0 Å². The molecule has 0 fully saturated rings. The molecule has 0 aliphatic rings. The van der Waals surface area contributed by atoms with Crippen LogP contribution < -0.4 is 0 Å². The summed E-state index contributed by atoms with van der Waals surface area (Å²) in [6, 6.07) is 0. The molecular formula is C10H18O5. The van der Waals surface area contributed by atoms with Gasteiger partial charge in [0.2, 0.25) is 0 Å². The molecule has 0 aliphatic carbocycles. The van der Waals surface area contributed by atoms with Gasteiger partial charge in [-0.1, -0.05) is 0 Å². The molecular weight excluding hydrogens is 200 g/mol. The highest BCUT2D eigenvalue weighted by atomic mass is 16.5. The lowest BCUT2D eigenvalue weighted by molar-refractivity contribution is -0.155. The number of aliphatic hydroxyl groups excluding tert-OH is 1. The van der Waals surface area contributed by atoms with Crippen molar-refractivity contribution in [2.24, 2.45) is 5.92 Å². The van der Waals surface area contributed by atoms with Gasteiger partial charge in [0.1, 0.15) is 0 Å². The fourth-order valence-corrected chi connectivity index (χ4v) is 1.14. The first-order valence-corrected chi connectivity index (χ1v) is 5.08. The molecule has 0 saturated heterocycles. The lowest BCUT2D eigenvalue weighted by Gasteiger charge is -2.13. The molecule has 0 aromatic rings. The SMILES string of the molecule is CCOC(=O)CC(CCO)C(=O)OCC. The third-order valence-electron chi connectivity index (χ3n) is 1.82. The van der Waals surface area contributed by atoms with Crippen LogP contribution in [-0.2, 0) is 19.1 Å². The molecule has 0 amide bonds. The van der Waals surface area contributed by atoms with Gasteiger partial charge in [-0.05, 0) is 20.3 Å². The maximum Gasteiger partial charge on any atom is 0.309 e. The molecule has 0 spiro atoms. The van der Waals surface area contributed by atoms with Crippen molar-refractivity contribution in [1.82, 2.24) is 0 Å². The van der Waals surface area contributed by atoms with Crippen LogP contribution in [-0.4, -0.2) is 36.9 Å². The lowest BCUT2D eigenvalue weighted by atomic mass is 10.0. The summed E-state index contributed by atoms with van der Waals surface area (Å²) in [7, 11) is 0. The smallest absolute Gasteiger partial charge is 0.309 e. The minimum atomic E-state index is -0.603. The number of carbonyl (C=O) groups is 2. The van der Waals surface area contributed by atoms with E-state index in [4.69, 9.17) is 14.6 Å². The van der Waals surface area contributed by atoms with Crippen molar-refractivity contribution in [3.8, 4) is 0 Å². The van der Waals surface area contributed by atoms with Gasteiger partial charge in [0.15, 0.2) is 0 Å². The summed E-state index contributed by atoms with van der Waals surface area (Å²) in [5.74, 6) is -1.50. The number of hydrogen-bond donors (Lipinski definition) is 1. The van der Waals surface area contributed by atoms with E-state index in [1.807, 2.05) is 0 Å². The van der Waals surface area contributed by atoms with Crippen LogP contribution in [0.25, 0.3) is 0 Å². The van der Waals surface area contributed by atoms with Gasteiger partial charge in [0, 0.05) is 6.61 Å². The van der Waals surface area contributed by atoms with E-state index in [0.717, 1.165) is 0 Å². The number of aliphatic hydroxyl groups is 1. The Balaban J connectivity index is 4.13. The zero-order valence-electron chi connectivity index (χ0n) is 9.19. The molecule has 0 aliphatic heterocycles. The summed E-state index contributed by atoms with van der Waals surface area (Å²) >= 11 is 0. The van der Waals surface area contributed by atoms with Gasteiger partial charge in [0.25, 0.3) is 0 Å². The zero-order valence-corrected chi connectivity index (χ0v) is 9.19. The predicted octanol–water partition coefficient (Wildman–Crippen LogP) is 0.501. The van der Waals surface area contributed by atoms with Crippen LogP contribution >= 0.6 is 0 Å². The van der Waals surface area contributed by atoms with Crippen molar-refractivity contribution in [2.75, 3.05) is 19.8 Å². The number of esters is 2. The molecule has 15 heavy (non-hydrogen) atoms. The van der Waals surface area contributed by atoms with Gasteiger partial charge < -0.3 is 14.6 Å². The van der Waals surface area contributed by atoms with E-state index in [-0.39, 0.29) is 32.7 Å². The molecule has 1 unspecified atom stereocenters. The molecule has 0 aromatic heterocycles. The quantitative estimate of drug-likeness (QED) is 0.630. The fraction of sp³-hybridized carbons (Fsp3) is 0.800. The van der Waals surface area contributed by atoms with Crippen LogP contribution in [0.2, 0.25) is 0 Å². The summed E-state index contributed by atoms with van der Waals surface area (Å²) in [6.07, 6.45) is 0.185. The predicted molar refractivity (Wildman–Crippen MR) is 53.1 cm³/mol. The van der Waals surface area contributed by atoms with Gasteiger partial charge in [-0.25, -0.2) is 0 Å². The molecule has 0 radical (unpaired) electrons. The molecule has 0 bridgehead atoms. The third-order valence-corrected chi connectivity index (χ3v) is 1.82. The Bertz CT molecular complexity index is 202. The van der Waals surface area contributed by atoms with E-state index < -0.39 is 17.9 Å². The largest absolute Gasteiger partial charge is 0.466 e. The fourth-order valence-electron chi connectivity index (χ4n) is 1.14. The topological polar surface area (TPSA) is 72.8 Å². The van der Waals surface area contributed by atoms with Crippen molar-refractivity contribution < 1.29 is 24.2 Å². The van der Waals surface area contributed by atoms with Crippen LogP contribution in [0.4, 0.5) is 0 Å². The Kier molecular flexibility index (Phi) is 7.62. The Morgan fingerprint density at radius 1 is 1.20 bits per heavy atom. The Morgan fingerprint density at radius 3 is 2.27 bits per heavy atom. The van der Waals surface area contributed by atoms with Crippen molar-refractivity contribution in [3.05, 3.63) is 0 Å². The van der Waals surface area contributed by atoms with Gasteiger partial charge >= 0.3 is 11.9 Å². The zero-order chi connectivity index (χ0) is 11.7. The van der Waals surface area contributed by atoms with Crippen molar-refractivity contribution >= 4 is 11.9 Å². The number of hydrogen-bond acceptors (Lipinski definition) is 5. The molecule has 0 rings (SSSR count). The van der Waals surface area contributed by atoms with Gasteiger partial charge in [0.05, 0.1) is 25.6 Å². The normalized spacial score (nSPS) is 11.9. The second kappa shape index (κ2) is 8.23. The van der Waals surface area contributed by atoms with Gasteiger partial charge in [-0.2, -0.15) is 0 Å². The van der Waals surface area contributed by atoms with Crippen molar-refractivity contribution in [2.45, 2.75) is 26.7 Å². The maximum atomic E-state index is 11.3. The van der Waals surface area contributed by atoms with Crippen molar-refractivity contribution in [3.63, 3.8) is 0 Å². The molecule has 0 aromatic carbocycles. The number of carbonyl (C=O) groups excluding carboxylic acids is 2. The minimum absolute atomic E-state index is 0.0345. The van der Waals surface area contributed by atoms with E-state index in [9.17, 15) is 9.59 Å². The summed E-state index contributed by atoms with van der Waals surface area (Å²) in [5, 5.41) is 8.74. The van der Waals surface area contributed by atoms with Crippen LogP contribution in [0.3, 0.4) is 0 Å². The average molecular weight is 218 g/mol. The molecule has 0 heterocycles. The summed E-state index contributed by atoms with van der Waals surface area (Å²) in [4.78, 5) is 22.5. The second-order valence-corrected chi connectivity index (χ2v) is 2.97. The highest BCUT2D eigenvalue weighted by Crippen LogP contribution is 2.11. The summed E-state index contributed by atoms with van der Waals surface area (Å²) < 4.78 is 9.50. The van der Waals surface area contributed by atoms with Crippen LogP contribution in [0.1, 0.15) is 26.7 Å². The van der Waals surface area contributed by atoms with E-state index in [0.29, 0.717) is 0 Å². The molecule has 5 nitrogen and oxygen atoms in total. The van der Waals surface area contributed by atoms with Crippen LogP contribution in [0.15, 0.2) is 0 Å². The number of ether oxygens (including phenoxy) is 2. The first-order valence-electron chi connectivity index (χ1n) is 5.08. The minimum Gasteiger partial charge on any atom is -0.466 e. The highest BCUT2D eigenvalue weighted by molar-refractivity contribution is 5.79. The van der Waals surface area contributed by atoms with Gasteiger partial charge in [-0.3, -0.25) is 9.59 Å². The lowest BCUT2D eigenvalue weighted by Crippen LogP contribution is -2.23. The standard InChI is InChI=1S/C10H18O5/c1-3-14-9(12)7-8(5-6-11)10(13)15-4-2/h8,11H,3-7H2,1-2H3. The molecule has 88 valence electrons. The Hall–Kier alpha value is -1.10. The van der Waals surface area contributed by atoms with Crippen molar-refractivity contribution in [1.29, 1.82) is 0 Å².